The minimum Gasteiger partial charge on any atom is -0.197 e. The van der Waals surface area contributed by atoms with Crippen molar-refractivity contribution in [1.29, 1.82) is 5.26 Å². The van der Waals surface area contributed by atoms with Gasteiger partial charge in [0, 0.05) is 4.90 Å². The van der Waals surface area contributed by atoms with E-state index in [2.05, 4.69) is 30.4 Å². The van der Waals surface area contributed by atoms with E-state index in [1.165, 1.54) is 4.90 Å². The third-order valence-electron chi connectivity index (χ3n) is 2.32. The van der Waals surface area contributed by atoms with Crippen LogP contribution in [0.5, 0.6) is 0 Å². The highest BCUT2D eigenvalue weighted by Gasteiger charge is 2.31. The second kappa shape index (κ2) is 3.89. The molecule has 0 saturated carbocycles. The predicted molar refractivity (Wildman–Crippen MR) is 59.0 cm³/mol. The molecule has 0 bridgehead atoms. The summed E-state index contributed by atoms with van der Waals surface area (Å²) in [5, 5.41) is 9.17. The number of hydrogen-bond acceptors (Lipinski definition) is 2. The van der Waals surface area contributed by atoms with Crippen LogP contribution in [0.15, 0.2) is 47.4 Å². The molecule has 1 nitrogen and oxygen atoms in total. The predicted octanol–water partition coefficient (Wildman–Crippen LogP) is 3.39. The molecule has 14 heavy (non-hydrogen) atoms. The zero-order valence-corrected chi connectivity index (χ0v) is 8.63. The standard InChI is InChI=1S/C12H11NS/c13-10-12(8-4-5-9-12)14-11-6-2-1-3-7-11/h1-7H,8-9H2. The van der Waals surface area contributed by atoms with Crippen molar-refractivity contribution in [3.05, 3.63) is 42.5 Å². The highest BCUT2D eigenvalue weighted by atomic mass is 32.2. The molecule has 0 spiro atoms. The Morgan fingerprint density at radius 2 is 1.79 bits per heavy atom. The van der Waals surface area contributed by atoms with Gasteiger partial charge in [0.1, 0.15) is 4.75 Å². The molecule has 0 amide bonds. The van der Waals surface area contributed by atoms with Gasteiger partial charge in [0.15, 0.2) is 0 Å². The lowest BCUT2D eigenvalue weighted by Gasteiger charge is -2.19. The summed E-state index contributed by atoms with van der Waals surface area (Å²) < 4.78 is -0.249. The molecule has 1 aliphatic rings. The molecule has 0 aliphatic heterocycles. The van der Waals surface area contributed by atoms with Crippen molar-refractivity contribution in [3.8, 4) is 6.07 Å². The maximum absolute atomic E-state index is 9.17. The van der Waals surface area contributed by atoms with E-state index in [1.54, 1.807) is 11.8 Å². The highest BCUT2D eigenvalue weighted by Crippen LogP contribution is 2.41. The summed E-state index contributed by atoms with van der Waals surface area (Å²) >= 11 is 1.68. The molecule has 0 saturated heterocycles. The molecule has 1 aromatic carbocycles. The topological polar surface area (TPSA) is 23.8 Å². The van der Waals surface area contributed by atoms with Gasteiger partial charge in [-0.05, 0) is 25.0 Å². The summed E-state index contributed by atoms with van der Waals surface area (Å²) in [6.45, 7) is 0. The van der Waals surface area contributed by atoms with Crippen LogP contribution >= 0.6 is 11.8 Å². The summed E-state index contributed by atoms with van der Waals surface area (Å²) in [5.74, 6) is 0. The van der Waals surface area contributed by atoms with Crippen molar-refractivity contribution < 1.29 is 0 Å². The molecule has 70 valence electrons. The number of allylic oxidation sites excluding steroid dienone is 2. The molecule has 0 unspecified atom stereocenters. The second-order valence-electron chi connectivity index (χ2n) is 3.40. The van der Waals surface area contributed by atoms with Gasteiger partial charge in [-0.2, -0.15) is 5.26 Å². The first kappa shape index (κ1) is 9.36. The Balaban J connectivity index is 2.14. The first-order chi connectivity index (χ1) is 6.85. The smallest absolute Gasteiger partial charge is 0.114 e. The van der Waals surface area contributed by atoms with Crippen molar-refractivity contribution in [3.63, 3.8) is 0 Å². The lowest BCUT2D eigenvalue weighted by molar-refractivity contribution is 0.792. The Kier molecular flexibility index (Phi) is 2.60. The van der Waals surface area contributed by atoms with Crippen LogP contribution in [0, 0.1) is 11.3 Å². The van der Waals surface area contributed by atoms with E-state index in [4.69, 9.17) is 5.26 Å². The SMILES string of the molecule is N#CC1(Sc2ccccc2)CC=CC1. The van der Waals surface area contributed by atoms with Crippen LogP contribution in [-0.2, 0) is 0 Å². The summed E-state index contributed by atoms with van der Waals surface area (Å²) in [7, 11) is 0. The lowest BCUT2D eigenvalue weighted by Crippen LogP contribution is -2.16. The number of nitriles is 1. The van der Waals surface area contributed by atoms with Gasteiger partial charge in [0.2, 0.25) is 0 Å². The van der Waals surface area contributed by atoms with Crippen molar-refractivity contribution in [2.45, 2.75) is 22.5 Å². The molecule has 0 N–H and O–H groups in total. The van der Waals surface area contributed by atoms with E-state index in [1.807, 2.05) is 18.2 Å². The van der Waals surface area contributed by atoms with Gasteiger partial charge < -0.3 is 0 Å². The third-order valence-corrected chi connectivity index (χ3v) is 3.65. The van der Waals surface area contributed by atoms with Gasteiger partial charge in [-0.25, -0.2) is 0 Å². The normalized spacial score (nSPS) is 17.9. The van der Waals surface area contributed by atoms with E-state index in [0.717, 1.165) is 12.8 Å². The van der Waals surface area contributed by atoms with E-state index in [0.29, 0.717) is 0 Å². The van der Waals surface area contributed by atoms with Crippen LogP contribution in [0.4, 0.5) is 0 Å². The number of benzene rings is 1. The van der Waals surface area contributed by atoms with Gasteiger partial charge in [0.25, 0.3) is 0 Å². The average Bonchev–Trinajstić information content (AvgIpc) is 2.69. The molecular weight excluding hydrogens is 190 g/mol. The summed E-state index contributed by atoms with van der Waals surface area (Å²) in [5.41, 5.74) is 0. The van der Waals surface area contributed by atoms with Gasteiger partial charge in [-0.1, -0.05) is 30.4 Å². The number of thioether (sulfide) groups is 1. The van der Waals surface area contributed by atoms with Gasteiger partial charge in [0.05, 0.1) is 6.07 Å². The monoisotopic (exact) mass is 201 g/mol. The lowest BCUT2D eigenvalue weighted by atomic mass is 10.1. The zero-order chi connectivity index (χ0) is 9.86. The van der Waals surface area contributed by atoms with Crippen LogP contribution in [0.2, 0.25) is 0 Å². The van der Waals surface area contributed by atoms with Crippen LogP contribution in [-0.4, -0.2) is 4.75 Å². The van der Waals surface area contributed by atoms with Crippen molar-refractivity contribution in [2.75, 3.05) is 0 Å². The molecule has 0 fully saturated rings. The van der Waals surface area contributed by atoms with E-state index in [-0.39, 0.29) is 4.75 Å². The molecule has 0 aromatic heterocycles. The molecule has 1 aliphatic carbocycles. The molecule has 2 heteroatoms. The fourth-order valence-corrected chi connectivity index (χ4v) is 2.69. The Morgan fingerprint density at radius 3 is 2.36 bits per heavy atom. The minimum absolute atomic E-state index is 0.249. The van der Waals surface area contributed by atoms with Crippen molar-refractivity contribution >= 4 is 11.8 Å². The zero-order valence-electron chi connectivity index (χ0n) is 7.81. The largest absolute Gasteiger partial charge is 0.197 e. The van der Waals surface area contributed by atoms with Crippen molar-refractivity contribution in [2.24, 2.45) is 0 Å². The average molecular weight is 201 g/mol. The number of nitrogens with zero attached hydrogens (tertiary/aromatic N) is 1. The molecule has 0 radical (unpaired) electrons. The molecule has 0 heterocycles. The first-order valence-corrected chi connectivity index (χ1v) is 5.47. The fraction of sp³-hybridized carbons (Fsp3) is 0.250. The minimum atomic E-state index is -0.249. The number of hydrogen-bond donors (Lipinski definition) is 0. The first-order valence-electron chi connectivity index (χ1n) is 4.65. The van der Waals surface area contributed by atoms with Gasteiger partial charge in [-0.15, -0.1) is 11.8 Å². The van der Waals surface area contributed by atoms with Crippen molar-refractivity contribution in [1.82, 2.24) is 0 Å². The van der Waals surface area contributed by atoms with E-state index in [9.17, 15) is 0 Å². The Hall–Kier alpha value is -1.20. The molecule has 1 aromatic rings. The van der Waals surface area contributed by atoms with Gasteiger partial charge in [-0.3, -0.25) is 0 Å². The quantitative estimate of drug-likeness (QED) is 0.685. The Morgan fingerprint density at radius 1 is 1.14 bits per heavy atom. The molecule has 2 rings (SSSR count). The van der Waals surface area contributed by atoms with E-state index < -0.39 is 0 Å². The van der Waals surface area contributed by atoms with Gasteiger partial charge >= 0.3 is 0 Å². The maximum Gasteiger partial charge on any atom is 0.114 e. The highest BCUT2D eigenvalue weighted by molar-refractivity contribution is 8.01. The summed E-state index contributed by atoms with van der Waals surface area (Å²) in [6, 6.07) is 12.6. The van der Waals surface area contributed by atoms with Crippen LogP contribution in [0.3, 0.4) is 0 Å². The van der Waals surface area contributed by atoms with E-state index >= 15 is 0 Å². The Labute approximate surface area is 88.4 Å². The third kappa shape index (κ3) is 1.83. The molecular formula is C12H11NS. The van der Waals surface area contributed by atoms with Crippen LogP contribution in [0.25, 0.3) is 0 Å². The summed E-state index contributed by atoms with van der Waals surface area (Å²) in [6.07, 6.45) is 5.92. The maximum atomic E-state index is 9.17. The van der Waals surface area contributed by atoms with Crippen LogP contribution in [0.1, 0.15) is 12.8 Å². The Bertz CT molecular complexity index is 367. The molecule has 0 atom stereocenters. The van der Waals surface area contributed by atoms with Crippen LogP contribution < -0.4 is 0 Å². The summed E-state index contributed by atoms with van der Waals surface area (Å²) in [4.78, 5) is 1.18. The second-order valence-corrected chi connectivity index (χ2v) is 4.86. The number of rotatable bonds is 2. The fourth-order valence-electron chi connectivity index (χ4n) is 1.54.